The Kier molecular flexibility index (Phi) is 14.1. The molecule has 0 bridgehead atoms. The minimum Gasteiger partial charge on any atom is -0.388 e. The van der Waals surface area contributed by atoms with Crippen LogP contribution in [0.4, 0.5) is 0 Å². The van der Waals surface area contributed by atoms with E-state index in [2.05, 4.69) is 6.92 Å². The highest BCUT2D eigenvalue weighted by molar-refractivity contribution is 5.78. The topological polar surface area (TPSA) is 37.3 Å². The second-order valence-corrected chi connectivity index (χ2v) is 7.64. The maximum atomic E-state index is 11.9. The highest BCUT2D eigenvalue weighted by Gasteiger charge is 2.09. The number of aliphatic hydroxyl groups is 1. The molecule has 26 heavy (non-hydrogen) atoms. The van der Waals surface area contributed by atoms with Crippen molar-refractivity contribution in [2.24, 2.45) is 0 Å². The van der Waals surface area contributed by atoms with Crippen LogP contribution < -0.4 is 0 Å². The fraction of sp³-hybridized carbons (Fsp3) is 0.708. The van der Waals surface area contributed by atoms with E-state index >= 15 is 0 Å². The first kappa shape index (κ1) is 22.9. The number of hydrogen-bond donors (Lipinski definition) is 1. The molecule has 0 amide bonds. The molecule has 0 aliphatic rings. The minimum atomic E-state index is -0.512. The number of carbonyl (C=O) groups excluding carboxylic acids is 1. The van der Waals surface area contributed by atoms with E-state index in [4.69, 9.17) is 0 Å². The van der Waals surface area contributed by atoms with Gasteiger partial charge < -0.3 is 5.11 Å². The number of rotatable bonds is 17. The normalized spacial score (nSPS) is 12.2. The minimum absolute atomic E-state index is 0.298. The summed E-state index contributed by atoms with van der Waals surface area (Å²) in [5.41, 5.74) is 0.908. The van der Waals surface area contributed by atoms with Crippen LogP contribution in [0.15, 0.2) is 30.3 Å². The van der Waals surface area contributed by atoms with Crippen molar-refractivity contribution in [2.45, 2.75) is 109 Å². The lowest BCUT2D eigenvalue weighted by Crippen LogP contribution is -2.03. The highest BCUT2D eigenvalue weighted by atomic mass is 16.3. The van der Waals surface area contributed by atoms with E-state index < -0.39 is 6.10 Å². The van der Waals surface area contributed by atoms with Gasteiger partial charge in [0.25, 0.3) is 0 Å². The van der Waals surface area contributed by atoms with Crippen molar-refractivity contribution in [3.05, 3.63) is 35.9 Å². The lowest BCUT2D eigenvalue weighted by molar-refractivity contribution is -0.119. The van der Waals surface area contributed by atoms with E-state index in [0.717, 1.165) is 12.0 Å². The smallest absolute Gasteiger partial charge is 0.133 e. The Labute approximate surface area is 161 Å². The number of carbonyl (C=O) groups is 1. The molecule has 1 N–H and O–H groups in total. The number of aliphatic hydroxyl groups excluding tert-OH is 1. The molecule has 1 unspecified atom stereocenters. The third kappa shape index (κ3) is 12.2. The number of Topliss-reactive ketones (excluding diaryl/α,β-unsaturated/α-hetero) is 1. The predicted molar refractivity (Wildman–Crippen MR) is 111 cm³/mol. The average molecular weight is 361 g/mol. The summed E-state index contributed by atoms with van der Waals surface area (Å²) in [7, 11) is 0. The zero-order chi connectivity index (χ0) is 18.9. The van der Waals surface area contributed by atoms with Gasteiger partial charge >= 0.3 is 0 Å². The van der Waals surface area contributed by atoms with Crippen molar-refractivity contribution in [1.82, 2.24) is 0 Å². The van der Waals surface area contributed by atoms with E-state index in [9.17, 15) is 9.90 Å². The van der Waals surface area contributed by atoms with Crippen LogP contribution in [0.1, 0.15) is 115 Å². The molecule has 2 nitrogen and oxygen atoms in total. The van der Waals surface area contributed by atoms with Crippen molar-refractivity contribution in [1.29, 1.82) is 0 Å². The van der Waals surface area contributed by atoms with Gasteiger partial charge in [0.15, 0.2) is 0 Å². The van der Waals surface area contributed by atoms with E-state index in [-0.39, 0.29) is 0 Å². The van der Waals surface area contributed by atoms with Gasteiger partial charge in [0.05, 0.1) is 6.10 Å². The average Bonchev–Trinajstić information content (AvgIpc) is 2.67. The first-order chi connectivity index (χ1) is 12.7. The maximum absolute atomic E-state index is 11.9. The standard InChI is InChI=1S/C24H40O2/c1-2-3-4-5-6-7-8-9-10-11-12-16-19-23(25)20-21-24(26)22-17-14-13-15-18-22/h13-15,17-18,24,26H,2-12,16,19-21H2,1H3. The third-order valence-electron chi connectivity index (χ3n) is 5.19. The van der Waals surface area contributed by atoms with Crippen LogP contribution in [0.25, 0.3) is 0 Å². The molecule has 0 aromatic heterocycles. The molecule has 2 heteroatoms. The SMILES string of the molecule is CCCCCCCCCCCCCCC(=O)CCC(O)c1ccccc1. The van der Waals surface area contributed by atoms with Crippen LogP contribution in [0.5, 0.6) is 0 Å². The van der Waals surface area contributed by atoms with Crippen LogP contribution in [0.3, 0.4) is 0 Å². The number of hydrogen-bond acceptors (Lipinski definition) is 2. The fourth-order valence-electron chi connectivity index (χ4n) is 3.43. The predicted octanol–water partition coefficient (Wildman–Crippen LogP) is 7.16. The highest BCUT2D eigenvalue weighted by Crippen LogP contribution is 2.19. The van der Waals surface area contributed by atoms with Gasteiger partial charge in [-0.05, 0) is 18.4 Å². The molecule has 0 radical (unpaired) electrons. The van der Waals surface area contributed by atoms with Gasteiger partial charge in [-0.2, -0.15) is 0 Å². The summed E-state index contributed by atoms with van der Waals surface area (Å²) in [5, 5.41) is 10.1. The molecule has 0 aliphatic carbocycles. The molecule has 0 saturated carbocycles. The van der Waals surface area contributed by atoms with Crippen molar-refractivity contribution in [3.8, 4) is 0 Å². The first-order valence-corrected chi connectivity index (χ1v) is 11.0. The summed E-state index contributed by atoms with van der Waals surface area (Å²) < 4.78 is 0. The summed E-state index contributed by atoms with van der Waals surface area (Å²) in [4.78, 5) is 11.9. The molecule has 1 rings (SSSR count). The van der Waals surface area contributed by atoms with Crippen molar-refractivity contribution in [3.63, 3.8) is 0 Å². The van der Waals surface area contributed by atoms with Gasteiger partial charge in [0, 0.05) is 12.8 Å². The molecule has 0 fully saturated rings. The summed E-state index contributed by atoms with van der Waals surface area (Å²) in [6.07, 6.45) is 17.0. The number of benzene rings is 1. The Morgan fingerprint density at radius 1 is 0.769 bits per heavy atom. The monoisotopic (exact) mass is 360 g/mol. The quantitative estimate of drug-likeness (QED) is 0.299. The maximum Gasteiger partial charge on any atom is 0.133 e. The summed E-state index contributed by atoms with van der Waals surface area (Å²) in [6, 6.07) is 9.62. The van der Waals surface area contributed by atoms with Gasteiger partial charge in [-0.1, -0.05) is 108 Å². The van der Waals surface area contributed by atoms with Gasteiger partial charge in [0.2, 0.25) is 0 Å². The lowest BCUT2D eigenvalue weighted by Gasteiger charge is -2.10. The van der Waals surface area contributed by atoms with E-state index in [1.54, 1.807) is 0 Å². The van der Waals surface area contributed by atoms with Gasteiger partial charge in [-0.3, -0.25) is 4.79 Å². The summed E-state index contributed by atoms with van der Waals surface area (Å²) in [6.45, 7) is 2.27. The molecule has 0 aliphatic heterocycles. The Bertz CT molecular complexity index is 441. The van der Waals surface area contributed by atoms with Crippen molar-refractivity contribution in [2.75, 3.05) is 0 Å². The van der Waals surface area contributed by atoms with Gasteiger partial charge in [0.1, 0.15) is 5.78 Å². The Balaban J connectivity index is 1.88. The third-order valence-corrected chi connectivity index (χ3v) is 5.19. The first-order valence-electron chi connectivity index (χ1n) is 11.0. The largest absolute Gasteiger partial charge is 0.388 e. The Morgan fingerprint density at radius 2 is 1.27 bits per heavy atom. The molecule has 148 valence electrons. The zero-order valence-electron chi connectivity index (χ0n) is 16.9. The van der Waals surface area contributed by atoms with Crippen molar-refractivity contribution >= 4 is 5.78 Å². The molecule has 1 atom stereocenters. The molecule has 1 aromatic carbocycles. The number of ketones is 1. The summed E-state index contributed by atoms with van der Waals surface area (Å²) in [5.74, 6) is 0.298. The van der Waals surface area contributed by atoms with Crippen LogP contribution in [-0.2, 0) is 4.79 Å². The van der Waals surface area contributed by atoms with Crippen LogP contribution >= 0.6 is 0 Å². The van der Waals surface area contributed by atoms with Crippen LogP contribution in [0.2, 0.25) is 0 Å². The summed E-state index contributed by atoms with van der Waals surface area (Å²) >= 11 is 0. The van der Waals surface area contributed by atoms with Crippen LogP contribution in [0, 0.1) is 0 Å². The number of unbranched alkanes of at least 4 members (excludes halogenated alkanes) is 11. The van der Waals surface area contributed by atoms with E-state index in [0.29, 0.717) is 25.0 Å². The van der Waals surface area contributed by atoms with Gasteiger partial charge in [-0.25, -0.2) is 0 Å². The molecule has 1 aromatic rings. The molecule has 0 spiro atoms. The zero-order valence-corrected chi connectivity index (χ0v) is 16.9. The molecular formula is C24H40O2. The molecular weight excluding hydrogens is 320 g/mol. The fourth-order valence-corrected chi connectivity index (χ4v) is 3.43. The van der Waals surface area contributed by atoms with Crippen LogP contribution in [-0.4, -0.2) is 10.9 Å². The second-order valence-electron chi connectivity index (χ2n) is 7.64. The Hall–Kier alpha value is -1.15. The molecule has 0 saturated heterocycles. The van der Waals surface area contributed by atoms with E-state index in [1.807, 2.05) is 30.3 Å². The molecule has 0 heterocycles. The van der Waals surface area contributed by atoms with Gasteiger partial charge in [-0.15, -0.1) is 0 Å². The van der Waals surface area contributed by atoms with Crippen molar-refractivity contribution < 1.29 is 9.90 Å². The Morgan fingerprint density at radius 3 is 1.81 bits per heavy atom. The lowest BCUT2D eigenvalue weighted by atomic mass is 10.0. The van der Waals surface area contributed by atoms with E-state index in [1.165, 1.54) is 70.6 Å². The second kappa shape index (κ2) is 16.1.